The predicted octanol–water partition coefficient (Wildman–Crippen LogP) is 4.61. The molecule has 5 fully saturated rings. The molecule has 6 heteroatoms. The van der Waals surface area contributed by atoms with Gasteiger partial charge < -0.3 is 23.7 Å². The molecule has 4 aliphatic carbocycles. The highest BCUT2D eigenvalue weighted by Gasteiger charge is 2.70. The van der Waals surface area contributed by atoms with Crippen LogP contribution in [0.15, 0.2) is 11.6 Å². The van der Waals surface area contributed by atoms with Crippen molar-refractivity contribution in [1.82, 2.24) is 0 Å². The van der Waals surface area contributed by atoms with Gasteiger partial charge in [0.15, 0.2) is 11.6 Å². The molecule has 6 aliphatic rings. The maximum atomic E-state index is 12.6. The second-order valence-electron chi connectivity index (χ2n) is 11.8. The van der Waals surface area contributed by atoms with Crippen LogP contribution >= 0.6 is 0 Å². The van der Waals surface area contributed by atoms with Crippen LogP contribution in [0.25, 0.3) is 0 Å². The van der Waals surface area contributed by atoms with Gasteiger partial charge in [-0.05, 0) is 61.7 Å². The third-order valence-corrected chi connectivity index (χ3v) is 10.6. The standard InChI is InChI=1S/C27H40O6/c1-4-29-22(28)15-18-16-27(32-13-14-33-27)25(3)8-7-21-20(23(18)25)6-5-19-17-26(30-11-12-31-26)10-9-24(19,21)2/h5,18,20-21,23H,4,6-17H2,1-3H3/t18-,20+,21-,23-,24-,25-/m0/s1. The van der Waals surface area contributed by atoms with Crippen LogP contribution in [0.1, 0.15) is 72.1 Å². The lowest BCUT2D eigenvalue weighted by Gasteiger charge is -2.60. The topological polar surface area (TPSA) is 63.2 Å². The van der Waals surface area contributed by atoms with E-state index in [2.05, 4.69) is 19.9 Å². The van der Waals surface area contributed by atoms with Crippen molar-refractivity contribution in [1.29, 1.82) is 0 Å². The van der Waals surface area contributed by atoms with E-state index in [1.54, 1.807) is 5.57 Å². The van der Waals surface area contributed by atoms with Crippen molar-refractivity contribution in [3.63, 3.8) is 0 Å². The van der Waals surface area contributed by atoms with Crippen LogP contribution in [0.2, 0.25) is 0 Å². The van der Waals surface area contributed by atoms with Gasteiger partial charge in [-0.2, -0.15) is 0 Å². The summed E-state index contributed by atoms with van der Waals surface area (Å²) in [6, 6.07) is 0. The average Bonchev–Trinajstić information content (AvgIpc) is 3.50. The largest absolute Gasteiger partial charge is 0.466 e. The number of allylic oxidation sites excluding steroid dienone is 1. The molecule has 2 aliphatic heterocycles. The SMILES string of the molecule is CCOC(=O)C[C@H]1CC2(OCCO2)[C@@]2(C)CC[C@H]3[C@@H](CC=C4CC5(CC[C@@]43C)OCCO5)[C@H]12. The van der Waals surface area contributed by atoms with E-state index < -0.39 is 5.79 Å². The van der Waals surface area contributed by atoms with Crippen molar-refractivity contribution in [2.75, 3.05) is 33.0 Å². The molecule has 2 saturated heterocycles. The highest BCUT2D eigenvalue weighted by molar-refractivity contribution is 5.69. The fraction of sp³-hybridized carbons (Fsp3) is 0.889. The maximum Gasteiger partial charge on any atom is 0.306 e. The zero-order valence-electron chi connectivity index (χ0n) is 20.5. The van der Waals surface area contributed by atoms with Gasteiger partial charge in [0.25, 0.3) is 0 Å². The molecule has 0 amide bonds. The Hall–Kier alpha value is -0.950. The monoisotopic (exact) mass is 460 g/mol. The molecule has 3 saturated carbocycles. The molecule has 33 heavy (non-hydrogen) atoms. The third kappa shape index (κ3) is 3.16. The van der Waals surface area contributed by atoms with E-state index in [1.165, 1.54) is 6.42 Å². The first-order valence-corrected chi connectivity index (χ1v) is 13.3. The Morgan fingerprint density at radius 1 is 1.06 bits per heavy atom. The van der Waals surface area contributed by atoms with Crippen molar-refractivity contribution in [3.05, 3.63) is 11.6 Å². The van der Waals surface area contributed by atoms with Gasteiger partial charge in [-0.3, -0.25) is 4.79 Å². The van der Waals surface area contributed by atoms with Crippen molar-refractivity contribution in [2.24, 2.45) is 34.5 Å². The van der Waals surface area contributed by atoms with Crippen LogP contribution in [0, 0.1) is 34.5 Å². The van der Waals surface area contributed by atoms with Crippen LogP contribution in [0.4, 0.5) is 0 Å². The van der Waals surface area contributed by atoms with E-state index in [4.69, 9.17) is 23.7 Å². The molecule has 0 unspecified atom stereocenters. The number of hydrogen-bond donors (Lipinski definition) is 0. The second-order valence-corrected chi connectivity index (χ2v) is 11.8. The summed E-state index contributed by atoms with van der Waals surface area (Å²) in [5.74, 6) is 0.830. The van der Waals surface area contributed by atoms with Crippen LogP contribution in [-0.4, -0.2) is 50.6 Å². The summed E-state index contributed by atoms with van der Waals surface area (Å²) in [6.45, 7) is 9.96. The van der Waals surface area contributed by atoms with E-state index in [1.807, 2.05) is 6.92 Å². The number of rotatable bonds is 3. The summed E-state index contributed by atoms with van der Waals surface area (Å²) in [5.41, 5.74) is 1.67. The minimum absolute atomic E-state index is 0.0584. The number of hydrogen-bond acceptors (Lipinski definition) is 6. The summed E-state index contributed by atoms with van der Waals surface area (Å²) >= 11 is 0. The average molecular weight is 461 g/mol. The zero-order valence-corrected chi connectivity index (χ0v) is 20.5. The molecular formula is C27H40O6. The maximum absolute atomic E-state index is 12.6. The molecular weight excluding hydrogens is 420 g/mol. The summed E-state index contributed by atoms with van der Waals surface area (Å²) in [6.07, 6.45) is 10.2. The van der Waals surface area contributed by atoms with Crippen LogP contribution in [-0.2, 0) is 28.5 Å². The highest BCUT2D eigenvalue weighted by atomic mass is 16.7. The van der Waals surface area contributed by atoms with Gasteiger partial charge in [0.2, 0.25) is 0 Å². The quantitative estimate of drug-likeness (QED) is 0.453. The first-order chi connectivity index (χ1) is 15.8. The number of fused-ring (bicyclic) bond motifs is 6. The van der Waals surface area contributed by atoms with E-state index in [0.29, 0.717) is 57.2 Å². The first kappa shape index (κ1) is 22.5. The number of esters is 1. The van der Waals surface area contributed by atoms with E-state index in [9.17, 15) is 4.79 Å². The molecule has 2 heterocycles. The fourth-order valence-electron chi connectivity index (χ4n) is 9.16. The Morgan fingerprint density at radius 3 is 2.52 bits per heavy atom. The van der Waals surface area contributed by atoms with Gasteiger partial charge in [-0.25, -0.2) is 0 Å². The van der Waals surface area contributed by atoms with Crippen molar-refractivity contribution in [3.8, 4) is 0 Å². The lowest BCUT2D eigenvalue weighted by atomic mass is 9.46. The molecule has 2 spiro atoms. The summed E-state index contributed by atoms with van der Waals surface area (Å²) in [7, 11) is 0. The van der Waals surface area contributed by atoms with Crippen molar-refractivity contribution in [2.45, 2.75) is 83.7 Å². The molecule has 6 atom stereocenters. The Morgan fingerprint density at radius 2 is 1.79 bits per heavy atom. The fourth-order valence-corrected chi connectivity index (χ4v) is 9.16. The minimum atomic E-state index is -0.535. The lowest BCUT2D eigenvalue weighted by Crippen LogP contribution is -2.56. The van der Waals surface area contributed by atoms with Crippen LogP contribution in [0.5, 0.6) is 0 Å². The van der Waals surface area contributed by atoms with E-state index >= 15 is 0 Å². The van der Waals surface area contributed by atoms with E-state index in [0.717, 1.165) is 38.5 Å². The molecule has 6 nitrogen and oxygen atoms in total. The number of carbonyl (C=O) groups is 1. The Bertz CT molecular complexity index is 824. The smallest absolute Gasteiger partial charge is 0.306 e. The summed E-state index contributed by atoms with van der Waals surface area (Å²) in [4.78, 5) is 12.6. The van der Waals surface area contributed by atoms with Gasteiger partial charge in [0.1, 0.15) is 0 Å². The number of ether oxygens (including phenoxy) is 5. The molecule has 0 radical (unpaired) electrons. The Kier molecular flexibility index (Phi) is 5.30. The predicted molar refractivity (Wildman–Crippen MR) is 121 cm³/mol. The summed E-state index contributed by atoms with van der Waals surface area (Å²) in [5, 5.41) is 0. The molecule has 0 aromatic carbocycles. The zero-order chi connectivity index (χ0) is 22.9. The van der Waals surface area contributed by atoms with Gasteiger partial charge in [0.05, 0.1) is 33.0 Å². The van der Waals surface area contributed by atoms with Crippen LogP contribution in [0.3, 0.4) is 0 Å². The Balaban J connectivity index is 1.33. The summed E-state index contributed by atoms with van der Waals surface area (Å²) < 4.78 is 30.4. The van der Waals surface area contributed by atoms with E-state index in [-0.39, 0.29) is 28.5 Å². The van der Waals surface area contributed by atoms with Gasteiger partial charge in [-0.15, -0.1) is 0 Å². The molecule has 0 N–H and O–H groups in total. The minimum Gasteiger partial charge on any atom is -0.466 e. The van der Waals surface area contributed by atoms with Crippen LogP contribution < -0.4 is 0 Å². The highest BCUT2D eigenvalue weighted by Crippen LogP contribution is 2.71. The number of carbonyl (C=O) groups excluding carboxylic acids is 1. The second kappa shape index (κ2) is 7.78. The molecule has 0 bridgehead atoms. The van der Waals surface area contributed by atoms with Crippen molar-refractivity contribution < 1.29 is 28.5 Å². The first-order valence-electron chi connectivity index (χ1n) is 13.3. The molecule has 184 valence electrons. The van der Waals surface area contributed by atoms with Gasteiger partial charge in [-0.1, -0.05) is 25.5 Å². The molecule has 0 aromatic rings. The third-order valence-electron chi connectivity index (χ3n) is 10.6. The lowest BCUT2D eigenvalue weighted by molar-refractivity contribution is -0.243. The van der Waals surface area contributed by atoms with Gasteiger partial charge in [0, 0.05) is 31.1 Å². The molecule has 0 aromatic heterocycles. The normalized spacial score (nSPS) is 44.9. The van der Waals surface area contributed by atoms with Gasteiger partial charge >= 0.3 is 5.97 Å². The van der Waals surface area contributed by atoms with Crippen molar-refractivity contribution >= 4 is 5.97 Å². The Labute approximate surface area is 197 Å². The molecule has 6 rings (SSSR count).